The van der Waals surface area contributed by atoms with Crippen molar-refractivity contribution >= 4 is 23.3 Å². The molecule has 0 spiro atoms. The monoisotopic (exact) mass is 311 g/mol. The Morgan fingerprint density at radius 3 is 2.35 bits per heavy atom. The normalized spacial score (nSPS) is 14.4. The maximum absolute atomic E-state index is 12.5. The van der Waals surface area contributed by atoms with E-state index in [0.29, 0.717) is 11.3 Å². The summed E-state index contributed by atoms with van der Waals surface area (Å²) >= 11 is 0. The Kier molecular flexibility index (Phi) is 3.76. The number of para-hydroxylation sites is 2. The zero-order chi connectivity index (χ0) is 16.4. The highest BCUT2D eigenvalue weighted by atomic mass is 16.6. The van der Waals surface area contributed by atoms with Crippen LogP contribution in [0.4, 0.5) is 16.2 Å². The molecular formula is C16H13N3O4. The number of carbonyl (C=O) groups is 2. The fourth-order valence-corrected chi connectivity index (χ4v) is 2.50. The molecule has 3 amide bonds. The first-order valence-electron chi connectivity index (χ1n) is 6.97. The topological polar surface area (TPSA) is 83.8 Å². The highest BCUT2D eigenvalue weighted by molar-refractivity contribution is 6.12. The molecular weight excluding hydrogens is 298 g/mol. The summed E-state index contributed by atoms with van der Waals surface area (Å²) in [6.07, 6.45) is 0. The fourth-order valence-electron chi connectivity index (χ4n) is 2.50. The molecule has 0 bridgehead atoms. The second-order valence-electron chi connectivity index (χ2n) is 5.07. The van der Waals surface area contributed by atoms with E-state index < -0.39 is 11.0 Å². The standard InChI is InChI=1S/C16H13N3O4/c20-15-11-17(13-7-2-1-3-8-13)16(21)18(15)10-12-6-4-5-9-14(12)19(22)23/h1-9H,10-11H2. The zero-order valence-corrected chi connectivity index (χ0v) is 12.1. The third-order valence-corrected chi connectivity index (χ3v) is 3.64. The number of nitro benzene ring substituents is 1. The summed E-state index contributed by atoms with van der Waals surface area (Å²) in [4.78, 5) is 37.5. The summed E-state index contributed by atoms with van der Waals surface area (Å²) in [5.74, 6) is -0.378. The molecule has 1 fully saturated rings. The summed E-state index contributed by atoms with van der Waals surface area (Å²) < 4.78 is 0. The van der Waals surface area contributed by atoms with Gasteiger partial charge in [-0.2, -0.15) is 0 Å². The summed E-state index contributed by atoms with van der Waals surface area (Å²) in [6.45, 7) is -0.179. The summed E-state index contributed by atoms with van der Waals surface area (Å²) in [7, 11) is 0. The number of nitrogens with zero attached hydrogens (tertiary/aromatic N) is 3. The molecule has 1 aliphatic heterocycles. The van der Waals surface area contributed by atoms with Gasteiger partial charge in [0.25, 0.3) is 11.6 Å². The van der Waals surface area contributed by atoms with Gasteiger partial charge in [-0.25, -0.2) is 4.79 Å². The lowest BCUT2D eigenvalue weighted by Crippen LogP contribution is -2.32. The van der Waals surface area contributed by atoms with Crippen LogP contribution in [0.25, 0.3) is 0 Å². The van der Waals surface area contributed by atoms with Crippen LogP contribution in [0.15, 0.2) is 54.6 Å². The predicted octanol–water partition coefficient (Wildman–Crippen LogP) is 2.56. The summed E-state index contributed by atoms with van der Waals surface area (Å²) in [6, 6.07) is 14.5. The van der Waals surface area contributed by atoms with Gasteiger partial charge in [-0.3, -0.25) is 24.7 Å². The third kappa shape index (κ3) is 2.76. The largest absolute Gasteiger partial charge is 0.332 e. The van der Waals surface area contributed by atoms with E-state index in [1.165, 1.54) is 11.0 Å². The molecule has 1 saturated heterocycles. The quantitative estimate of drug-likeness (QED) is 0.493. The van der Waals surface area contributed by atoms with Crippen molar-refractivity contribution in [1.29, 1.82) is 0 Å². The molecule has 0 aliphatic carbocycles. The Morgan fingerprint density at radius 1 is 1.00 bits per heavy atom. The van der Waals surface area contributed by atoms with Crippen molar-refractivity contribution in [2.45, 2.75) is 6.54 Å². The summed E-state index contributed by atoms with van der Waals surface area (Å²) in [5.41, 5.74) is 0.844. The predicted molar refractivity (Wildman–Crippen MR) is 82.8 cm³/mol. The van der Waals surface area contributed by atoms with Crippen molar-refractivity contribution < 1.29 is 14.5 Å². The van der Waals surface area contributed by atoms with E-state index in [-0.39, 0.29) is 24.7 Å². The Hall–Kier alpha value is -3.22. The van der Waals surface area contributed by atoms with E-state index in [9.17, 15) is 19.7 Å². The van der Waals surface area contributed by atoms with E-state index in [2.05, 4.69) is 0 Å². The van der Waals surface area contributed by atoms with Crippen LogP contribution in [0, 0.1) is 10.1 Å². The Labute approximate surface area is 131 Å². The fraction of sp³-hybridized carbons (Fsp3) is 0.125. The van der Waals surface area contributed by atoms with Gasteiger partial charge in [0.05, 0.1) is 11.5 Å². The summed E-state index contributed by atoms with van der Waals surface area (Å²) in [5, 5.41) is 11.1. The first-order chi connectivity index (χ1) is 11.1. The average Bonchev–Trinajstić information content (AvgIpc) is 2.84. The SMILES string of the molecule is O=C1CN(c2ccccc2)C(=O)N1Cc1ccccc1[N+](=O)[O-]. The minimum absolute atomic E-state index is 0.0660. The maximum Gasteiger partial charge on any atom is 0.332 e. The number of amides is 3. The van der Waals surface area contributed by atoms with Crippen molar-refractivity contribution in [3.63, 3.8) is 0 Å². The van der Waals surface area contributed by atoms with Gasteiger partial charge in [-0.1, -0.05) is 36.4 Å². The van der Waals surface area contributed by atoms with Crippen LogP contribution >= 0.6 is 0 Å². The van der Waals surface area contributed by atoms with Crippen LogP contribution in [-0.2, 0) is 11.3 Å². The first-order valence-corrected chi connectivity index (χ1v) is 6.97. The van der Waals surface area contributed by atoms with Crippen LogP contribution in [0.1, 0.15) is 5.56 Å². The smallest absolute Gasteiger partial charge is 0.285 e. The van der Waals surface area contributed by atoms with Gasteiger partial charge in [0.2, 0.25) is 0 Å². The Balaban J connectivity index is 1.86. The minimum Gasteiger partial charge on any atom is -0.285 e. The molecule has 2 aromatic rings. The van der Waals surface area contributed by atoms with Crippen molar-refractivity contribution in [2.75, 3.05) is 11.4 Å². The number of urea groups is 1. The average molecular weight is 311 g/mol. The molecule has 7 heteroatoms. The maximum atomic E-state index is 12.5. The highest BCUT2D eigenvalue weighted by Gasteiger charge is 2.37. The number of benzene rings is 2. The minimum atomic E-state index is -0.519. The van der Waals surface area contributed by atoms with Gasteiger partial charge in [0, 0.05) is 17.3 Å². The molecule has 0 aromatic heterocycles. The van der Waals surface area contributed by atoms with Gasteiger partial charge in [0.15, 0.2) is 0 Å². The van der Waals surface area contributed by atoms with Crippen molar-refractivity contribution in [3.8, 4) is 0 Å². The molecule has 0 unspecified atom stereocenters. The molecule has 1 heterocycles. The van der Waals surface area contributed by atoms with Gasteiger partial charge >= 0.3 is 6.03 Å². The molecule has 0 atom stereocenters. The van der Waals surface area contributed by atoms with Gasteiger partial charge in [-0.15, -0.1) is 0 Å². The zero-order valence-electron chi connectivity index (χ0n) is 12.1. The second-order valence-corrected chi connectivity index (χ2v) is 5.07. The van der Waals surface area contributed by atoms with E-state index >= 15 is 0 Å². The second kappa shape index (κ2) is 5.88. The lowest BCUT2D eigenvalue weighted by Gasteiger charge is -2.17. The van der Waals surface area contributed by atoms with E-state index in [0.717, 1.165) is 4.90 Å². The van der Waals surface area contributed by atoms with Crippen molar-refractivity contribution in [1.82, 2.24) is 4.90 Å². The number of rotatable bonds is 4. The lowest BCUT2D eigenvalue weighted by atomic mass is 10.1. The number of hydrogen-bond acceptors (Lipinski definition) is 4. The van der Waals surface area contributed by atoms with E-state index in [4.69, 9.17) is 0 Å². The molecule has 0 N–H and O–H groups in total. The molecule has 1 aliphatic rings. The first kappa shape index (κ1) is 14.7. The van der Waals surface area contributed by atoms with Crippen LogP contribution < -0.4 is 4.90 Å². The number of anilines is 1. The van der Waals surface area contributed by atoms with Crippen LogP contribution in [0.3, 0.4) is 0 Å². The molecule has 0 saturated carbocycles. The van der Waals surface area contributed by atoms with Crippen LogP contribution in [-0.4, -0.2) is 28.3 Å². The molecule has 116 valence electrons. The lowest BCUT2D eigenvalue weighted by molar-refractivity contribution is -0.385. The molecule has 2 aromatic carbocycles. The van der Waals surface area contributed by atoms with E-state index in [1.807, 2.05) is 6.07 Å². The van der Waals surface area contributed by atoms with Gasteiger partial charge < -0.3 is 0 Å². The third-order valence-electron chi connectivity index (χ3n) is 3.64. The molecule has 0 radical (unpaired) electrons. The molecule has 23 heavy (non-hydrogen) atoms. The molecule has 3 rings (SSSR count). The van der Waals surface area contributed by atoms with Gasteiger partial charge in [0.1, 0.15) is 6.54 Å². The van der Waals surface area contributed by atoms with Crippen LogP contribution in [0.5, 0.6) is 0 Å². The van der Waals surface area contributed by atoms with E-state index in [1.54, 1.807) is 42.5 Å². The Morgan fingerprint density at radius 2 is 1.65 bits per heavy atom. The number of nitro groups is 1. The van der Waals surface area contributed by atoms with Crippen molar-refractivity contribution in [3.05, 3.63) is 70.3 Å². The van der Waals surface area contributed by atoms with Crippen molar-refractivity contribution in [2.24, 2.45) is 0 Å². The number of imide groups is 1. The number of hydrogen-bond donors (Lipinski definition) is 0. The van der Waals surface area contributed by atoms with Gasteiger partial charge in [-0.05, 0) is 12.1 Å². The van der Waals surface area contributed by atoms with Crippen LogP contribution in [0.2, 0.25) is 0 Å². The number of carbonyl (C=O) groups excluding carboxylic acids is 2. The highest BCUT2D eigenvalue weighted by Crippen LogP contribution is 2.25. The Bertz CT molecular complexity index is 776. The molecule has 7 nitrogen and oxygen atoms in total.